The Hall–Kier alpha value is -3.14. The number of halogens is 1. The van der Waals surface area contributed by atoms with Crippen LogP contribution >= 0.6 is 0 Å². The van der Waals surface area contributed by atoms with Crippen LogP contribution < -0.4 is 18.8 Å². The van der Waals surface area contributed by atoms with Gasteiger partial charge in [0.2, 0.25) is 11.8 Å². The molecule has 2 amide bonds. The molecule has 2 aliphatic heterocycles. The second kappa shape index (κ2) is 7.23. The van der Waals surface area contributed by atoms with Crippen molar-refractivity contribution < 1.29 is 22.4 Å². The van der Waals surface area contributed by atoms with Crippen LogP contribution in [0.15, 0.2) is 30.3 Å². The molecule has 0 spiro atoms. The lowest BCUT2D eigenvalue weighted by molar-refractivity contribution is -0.122. The molecule has 8 nitrogen and oxygen atoms in total. The van der Waals surface area contributed by atoms with E-state index in [-0.39, 0.29) is 35.9 Å². The number of aryl methyl sites for hydroxylation is 2. The lowest BCUT2D eigenvalue weighted by Gasteiger charge is -2.18. The predicted octanol–water partition coefficient (Wildman–Crippen LogP) is 2.56. The van der Waals surface area contributed by atoms with E-state index in [2.05, 4.69) is 5.32 Å². The van der Waals surface area contributed by atoms with Crippen LogP contribution in [0.3, 0.4) is 0 Å². The first-order valence-corrected chi connectivity index (χ1v) is 11.1. The van der Waals surface area contributed by atoms with Gasteiger partial charge >= 0.3 is 10.2 Å². The van der Waals surface area contributed by atoms with E-state index < -0.39 is 27.9 Å². The van der Waals surface area contributed by atoms with Gasteiger partial charge in [-0.2, -0.15) is 8.42 Å². The molecule has 1 saturated heterocycles. The van der Waals surface area contributed by atoms with Crippen LogP contribution in [0.2, 0.25) is 0 Å². The summed E-state index contributed by atoms with van der Waals surface area (Å²) in [5, 5.41) is 2.52. The lowest BCUT2D eigenvalue weighted by Crippen LogP contribution is -2.32. The van der Waals surface area contributed by atoms with Gasteiger partial charge in [-0.15, -0.1) is 0 Å². The summed E-state index contributed by atoms with van der Waals surface area (Å²) in [6.07, 6.45) is 0.0162. The number of nitrogens with one attached hydrogen (secondary N) is 1. The smallest absolute Gasteiger partial charge is 0.323 e. The molecule has 0 radical (unpaired) electrons. The van der Waals surface area contributed by atoms with Gasteiger partial charge < -0.3 is 10.2 Å². The highest BCUT2D eigenvalue weighted by atomic mass is 32.2. The van der Waals surface area contributed by atoms with Crippen LogP contribution in [0, 0.1) is 25.6 Å². The molecule has 1 atom stereocenters. The molecule has 31 heavy (non-hydrogen) atoms. The average Bonchev–Trinajstić information content (AvgIpc) is 3.17. The van der Waals surface area contributed by atoms with E-state index in [1.165, 1.54) is 20.2 Å². The number of hydrogen-bond donors (Lipinski definition) is 1. The Morgan fingerprint density at radius 1 is 1.06 bits per heavy atom. The molecule has 4 rings (SSSR count). The third-order valence-corrected chi connectivity index (χ3v) is 7.77. The second-order valence-corrected chi connectivity index (χ2v) is 9.92. The number of carbonyl (C=O) groups is 2. The van der Waals surface area contributed by atoms with E-state index in [4.69, 9.17) is 0 Å². The number of amides is 2. The van der Waals surface area contributed by atoms with E-state index >= 15 is 0 Å². The van der Waals surface area contributed by atoms with Gasteiger partial charge in [-0.25, -0.2) is 4.39 Å². The normalized spacial score (nSPS) is 19.7. The largest absolute Gasteiger partial charge is 0.326 e. The van der Waals surface area contributed by atoms with Crippen LogP contribution in [0.4, 0.5) is 27.1 Å². The highest BCUT2D eigenvalue weighted by molar-refractivity contribution is 7.94. The monoisotopic (exact) mass is 446 g/mol. The molecule has 10 heteroatoms. The zero-order valence-corrected chi connectivity index (χ0v) is 18.5. The quantitative estimate of drug-likeness (QED) is 0.785. The predicted molar refractivity (Wildman–Crippen MR) is 117 cm³/mol. The molecule has 2 aliphatic rings. The SMILES string of the molecule is Cc1ccc(N2CC(C(=O)Nc3cc4c(cc3F)N(C)S(=O)(=O)N4C)CC2=O)cc1C. The number of carbonyl (C=O) groups excluding carboxylic acids is 2. The number of nitrogens with zero attached hydrogens (tertiary/aromatic N) is 3. The number of benzene rings is 2. The first-order chi connectivity index (χ1) is 14.5. The summed E-state index contributed by atoms with van der Waals surface area (Å²) in [6.45, 7) is 4.12. The lowest BCUT2D eigenvalue weighted by atomic mass is 10.1. The molecule has 0 saturated carbocycles. The van der Waals surface area contributed by atoms with Gasteiger partial charge in [0.25, 0.3) is 0 Å². The second-order valence-electron chi connectivity index (χ2n) is 7.93. The highest BCUT2D eigenvalue weighted by Gasteiger charge is 2.38. The standard InChI is InChI=1S/C21H23FN4O4S/c1-12-5-6-15(7-13(12)2)26-11-14(8-20(26)27)21(28)23-17-10-19-18(9-16(17)22)24(3)31(29,30)25(19)4/h5-7,9-10,14H,8,11H2,1-4H3,(H,23,28). The summed E-state index contributed by atoms with van der Waals surface area (Å²) < 4.78 is 41.1. The van der Waals surface area contributed by atoms with Gasteiger partial charge in [0, 0.05) is 38.8 Å². The Bertz CT molecular complexity index is 1210. The van der Waals surface area contributed by atoms with Crippen LogP contribution in [-0.2, 0) is 19.8 Å². The van der Waals surface area contributed by atoms with Crippen LogP contribution in [0.25, 0.3) is 0 Å². The molecule has 0 bridgehead atoms. The first kappa shape index (κ1) is 21.1. The maximum atomic E-state index is 14.6. The molecule has 2 aromatic rings. The van der Waals surface area contributed by atoms with Gasteiger partial charge in [-0.3, -0.25) is 18.2 Å². The molecule has 1 unspecified atom stereocenters. The minimum absolute atomic E-state index is 0.0162. The molecule has 2 heterocycles. The maximum absolute atomic E-state index is 14.6. The van der Waals surface area contributed by atoms with Crippen LogP contribution in [0.1, 0.15) is 17.5 Å². The summed E-state index contributed by atoms with van der Waals surface area (Å²) in [7, 11) is -1.06. The average molecular weight is 447 g/mol. The molecule has 1 N–H and O–H groups in total. The van der Waals surface area contributed by atoms with Crippen molar-refractivity contribution in [3.05, 3.63) is 47.3 Å². The number of hydrogen-bond acceptors (Lipinski definition) is 4. The summed E-state index contributed by atoms with van der Waals surface area (Å²) in [5.74, 6) is -2.06. The van der Waals surface area contributed by atoms with E-state index in [0.717, 1.165) is 31.5 Å². The van der Waals surface area contributed by atoms with Gasteiger partial charge in [0.05, 0.1) is 23.0 Å². The van der Waals surface area contributed by atoms with Crippen molar-refractivity contribution in [2.24, 2.45) is 5.92 Å². The van der Waals surface area contributed by atoms with Crippen molar-refractivity contribution in [1.82, 2.24) is 0 Å². The summed E-state index contributed by atoms with van der Waals surface area (Å²) in [5.41, 5.74) is 3.20. The van der Waals surface area contributed by atoms with E-state index in [1.807, 2.05) is 32.0 Å². The molecular weight excluding hydrogens is 423 g/mol. The zero-order valence-electron chi connectivity index (χ0n) is 17.6. The third-order valence-electron chi connectivity index (χ3n) is 5.99. The van der Waals surface area contributed by atoms with Crippen molar-refractivity contribution in [3.63, 3.8) is 0 Å². The van der Waals surface area contributed by atoms with Crippen LogP contribution in [0.5, 0.6) is 0 Å². The number of fused-ring (bicyclic) bond motifs is 1. The maximum Gasteiger partial charge on any atom is 0.326 e. The zero-order chi connectivity index (χ0) is 22.7. The Morgan fingerprint density at radius 3 is 2.35 bits per heavy atom. The summed E-state index contributed by atoms with van der Waals surface area (Å²) in [4.78, 5) is 26.8. The van der Waals surface area contributed by atoms with E-state index in [9.17, 15) is 22.4 Å². The fraction of sp³-hybridized carbons (Fsp3) is 0.333. The minimum Gasteiger partial charge on any atom is -0.323 e. The van der Waals surface area contributed by atoms with Gasteiger partial charge in [0.15, 0.2) is 0 Å². The summed E-state index contributed by atoms with van der Waals surface area (Å²) >= 11 is 0. The van der Waals surface area contributed by atoms with Crippen molar-refractivity contribution in [1.29, 1.82) is 0 Å². The number of rotatable bonds is 3. The topological polar surface area (TPSA) is 90.0 Å². The van der Waals surface area contributed by atoms with Gasteiger partial charge in [-0.05, 0) is 43.2 Å². The molecule has 1 fully saturated rings. The van der Waals surface area contributed by atoms with Crippen molar-refractivity contribution in [3.8, 4) is 0 Å². The van der Waals surface area contributed by atoms with Gasteiger partial charge in [0.1, 0.15) is 5.82 Å². The number of anilines is 4. The van der Waals surface area contributed by atoms with Crippen molar-refractivity contribution in [2.75, 3.05) is 39.5 Å². The molecule has 164 valence electrons. The fourth-order valence-corrected chi connectivity index (χ4v) is 5.00. The Balaban J connectivity index is 1.54. The summed E-state index contributed by atoms with van der Waals surface area (Å²) in [6, 6.07) is 8.04. The Morgan fingerprint density at radius 2 is 1.71 bits per heavy atom. The fourth-order valence-electron chi connectivity index (χ4n) is 3.84. The van der Waals surface area contributed by atoms with Crippen LogP contribution in [-0.4, -0.2) is 40.9 Å². The van der Waals surface area contributed by atoms with E-state index in [0.29, 0.717) is 0 Å². The van der Waals surface area contributed by atoms with Gasteiger partial charge in [-0.1, -0.05) is 6.07 Å². The molecular formula is C21H23FN4O4S. The molecule has 0 aliphatic carbocycles. The Labute approximate surface area is 180 Å². The molecule has 2 aromatic carbocycles. The van der Waals surface area contributed by atoms with Crippen molar-refractivity contribution >= 4 is 44.8 Å². The van der Waals surface area contributed by atoms with Crippen molar-refractivity contribution in [2.45, 2.75) is 20.3 Å². The Kier molecular flexibility index (Phi) is 4.92. The first-order valence-electron chi connectivity index (χ1n) is 9.75. The van der Waals surface area contributed by atoms with E-state index in [1.54, 1.807) is 4.90 Å². The highest BCUT2D eigenvalue weighted by Crippen LogP contribution is 2.41. The third kappa shape index (κ3) is 3.40. The minimum atomic E-state index is -3.76. The molecule has 0 aromatic heterocycles.